The van der Waals surface area contributed by atoms with Gasteiger partial charge in [-0.2, -0.15) is 0 Å². The smallest absolute Gasteiger partial charge is 0.164 e. The number of nitrogens with two attached hydrogens (primary N) is 1. The van der Waals surface area contributed by atoms with Gasteiger partial charge in [0.05, 0.1) is 13.7 Å². The molecule has 1 aromatic carbocycles. The molecule has 0 bridgehead atoms. The highest BCUT2D eigenvalue weighted by atomic mass is 16.5. The Bertz CT molecular complexity index is 529. The summed E-state index contributed by atoms with van der Waals surface area (Å²) in [6, 6.07) is 9.85. The molecule has 4 nitrogen and oxygen atoms in total. The van der Waals surface area contributed by atoms with Crippen LogP contribution in [0.5, 0.6) is 11.5 Å². The van der Waals surface area contributed by atoms with E-state index in [0.717, 1.165) is 35.5 Å². The molecule has 2 rings (SSSR count). The molecule has 0 spiro atoms. The van der Waals surface area contributed by atoms with Crippen LogP contribution in [0.3, 0.4) is 0 Å². The van der Waals surface area contributed by atoms with Gasteiger partial charge in [0.2, 0.25) is 0 Å². The van der Waals surface area contributed by atoms with E-state index in [1.165, 1.54) is 0 Å². The van der Waals surface area contributed by atoms with Gasteiger partial charge in [0, 0.05) is 18.8 Å². The first-order valence-electron chi connectivity index (χ1n) is 6.72. The zero-order valence-corrected chi connectivity index (χ0v) is 11.7. The average molecular weight is 272 g/mol. The number of para-hydroxylation sites is 1. The molecular formula is C16H20N2O2. The summed E-state index contributed by atoms with van der Waals surface area (Å²) in [5, 5.41) is 0. The number of rotatable bonds is 7. The first-order chi connectivity index (χ1) is 9.85. The molecule has 1 heterocycles. The molecule has 2 aromatic rings. The molecule has 0 aliphatic rings. The third-order valence-electron chi connectivity index (χ3n) is 3.05. The topological polar surface area (TPSA) is 57.4 Å². The molecular weight excluding hydrogens is 252 g/mol. The highest BCUT2D eigenvalue weighted by Gasteiger charge is 2.09. The molecule has 20 heavy (non-hydrogen) atoms. The Hall–Kier alpha value is -2.07. The molecule has 0 amide bonds. The van der Waals surface area contributed by atoms with Crippen LogP contribution in [0.2, 0.25) is 0 Å². The maximum atomic E-state index is 5.91. The monoisotopic (exact) mass is 272 g/mol. The number of benzene rings is 1. The zero-order chi connectivity index (χ0) is 14.2. The van der Waals surface area contributed by atoms with Crippen LogP contribution < -0.4 is 15.2 Å². The second-order valence-electron chi connectivity index (χ2n) is 4.45. The number of aromatic nitrogens is 1. The van der Waals surface area contributed by atoms with Gasteiger partial charge in [0.25, 0.3) is 0 Å². The summed E-state index contributed by atoms with van der Waals surface area (Å²) in [5.41, 5.74) is 7.87. The van der Waals surface area contributed by atoms with Gasteiger partial charge in [-0.15, -0.1) is 0 Å². The first-order valence-corrected chi connectivity index (χ1v) is 6.72. The Labute approximate surface area is 119 Å². The van der Waals surface area contributed by atoms with Crippen LogP contribution >= 0.6 is 0 Å². The van der Waals surface area contributed by atoms with Gasteiger partial charge >= 0.3 is 0 Å². The maximum Gasteiger partial charge on any atom is 0.164 e. The highest BCUT2D eigenvalue weighted by Crippen LogP contribution is 2.31. The minimum absolute atomic E-state index is 0.587. The minimum Gasteiger partial charge on any atom is -0.493 e. The van der Waals surface area contributed by atoms with Crippen molar-refractivity contribution in [3.63, 3.8) is 0 Å². The van der Waals surface area contributed by atoms with Crippen LogP contribution in [0.4, 0.5) is 0 Å². The lowest BCUT2D eigenvalue weighted by atomic mass is 10.1. The van der Waals surface area contributed by atoms with Gasteiger partial charge in [-0.05, 0) is 36.2 Å². The molecule has 106 valence electrons. The average Bonchev–Trinajstić information content (AvgIpc) is 2.50. The number of nitrogens with zero attached hydrogens (tertiary/aromatic N) is 1. The number of hydrogen-bond donors (Lipinski definition) is 1. The van der Waals surface area contributed by atoms with Crippen LogP contribution in [-0.4, -0.2) is 25.2 Å². The second kappa shape index (κ2) is 7.50. The Morgan fingerprint density at radius 2 is 2.05 bits per heavy atom. The summed E-state index contributed by atoms with van der Waals surface area (Å²) in [6.07, 6.45) is 5.21. The van der Waals surface area contributed by atoms with E-state index in [1.807, 2.05) is 36.5 Å². The summed E-state index contributed by atoms with van der Waals surface area (Å²) < 4.78 is 11.3. The van der Waals surface area contributed by atoms with E-state index in [0.29, 0.717) is 13.2 Å². The zero-order valence-electron chi connectivity index (χ0n) is 11.7. The Morgan fingerprint density at radius 3 is 2.75 bits per heavy atom. The van der Waals surface area contributed by atoms with Gasteiger partial charge in [-0.1, -0.05) is 18.2 Å². The van der Waals surface area contributed by atoms with Crippen LogP contribution in [-0.2, 0) is 12.8 Å². The van der Waals surface area contributed by atoms with Gasteiger partial charge in [-0.25, -0.2) is 0 Å². The molecule has 0 atom stereocenters. The highest BCUT2D eigenvalue weighted by molar-refractivity contribution is 5.46. The second-order valence-corrected chi connectivity index (χ2v) is 4.45. The number of methoxy groups -OCH3 is 1. The van der Waals surface area contributed by atoms with E-state index in [4.69, 9.17) is 15.2 Å². The van der Waals surface area contributed by atoms with E-state index < -0.39 is 0 Å². The minimum atomic E-state index is 0.587. The Balaban J connectivity index is 2.04. The normalized spacial score (nSPS) is 10.3. The third-order valence-corrected chi connectivity index (χ3v) is 3.05. The molecule has 0 fully saturated rings. The van der Waals surface area contributed by atoms with Crippen molar-refractivity contribution >= 4 is 0 Å². The number of pyridine rings is 1. The van der Waals surface area contributed by atoms with Crippen molar-refractivity contribution in [2.75, 3.05) is 20.3 Å². The Kier molecular flexibility index (Phi) is 5.38. The van der Waals surface area contributed by atoms with Crippen LogP contribution in [0.25, 0.3) is 0 Å². The first kappa shape index (κ1) is 14.3. The summed E-state index contributed by atoms with van der Waals surface area (Å²) >= 11 is 0. The largest absolute Gasteiger partial charge is 0.493 e. The van der Waals surface area contributed by atoms with Gasteiger partial charge in [0.15, 0.2) is 11.5 Å². The maximum absolute atomic E-state index is 5.91. The van der Waals surface area contributed by atoms with Crippen LogP contribution in [0.15, 0.2) is 42.7 Å². The van der Waals surface area contributed by atoms with Gasteiger partial charge < -0.3 is 15.2 Å². The SMILES string of the molecule is COc1cccc(CCN)c1OCCc1cccnc1. The molecule has 0 aliphatic carbocycles. The van der Waals surface area contributed by atoms with E-state index >= 15 is 0 Å². The fraction of sp³-hybridized carbons (Fsp3) is 0.312. The van der Waals surface area contributed by atoms with E-state index in [9.17, 15) is 0 Å². The fourth-order valence-corrected chi connectivity index (χ4v) is 2.06. The van der Waals surface area contributed by atoms with Crippen molar-refractivity contribution in [3.05, 3.63) is 53.9 Å². The molecule has 1 aromatic heterocycles. The summed E-state index contributed by atoms with van der Waals surface area (Å²) in [5.74, 6) is 1.55. The molecule has 2 N–H and O–H groups in total. The predicted octanol–water partition coefficient (Wildman–Crippen LogP) is 2.21. The van der Waals surface area contributed by atoms with Crippen molar-refractivity contribution in [1.82, 2.24) is 4.98 Å². The number of ether oxygens (including phenoxy) is 2. The van der Waals surface area contributed by atoms with Crippen molar-refractivity contribution in [3.8, 4) is 11.5 Å². The third kappa shape index (κ3) is 3.71. The summed E-state index contributed by atoms with van der Waals surface area (Å²) in [4.78, 5) is 4.09. The lowest BCUT2D eigenvalue weighted by molar-refractivity contribution is 0.294. The fourth-order valence-electron chi connectivity index (χ4n) is 2.06. The Morgan fingerprint density at radius 1 is 1.15 bits per heavy atom. The van der Waals surface area contributed by atoms with Crippen LogP contribution in [0.1, 0.15) is 11.1 Å². The van der Waals surface area contributed by atoms with Gasteiger partial charge in [-0.3, -0.25) is 4.98 Å². The van der Waals surface area contributed by atoms with Crippen molar-refractivity contribution < 1.29 is 9.47 Å². The molecule has 0 saturated heterocycles. The lowest BCUT2D eigenvalue weighted by Gasteiger charge is -2.14. The predicted molar refractivity (Wildman–Crippen MR) is 79.2 cm³/mol. The lowest BCUT2D eigenvalue weighted by Crippen LogP contribution is -2.08. The van der Waals surface area contributed by atoms with Crippen LogP contribution in [0, 0.1) is 0 Å². The quantitative estimate of drug-likeness (QED) is 0.839. The van der Waals surface area contributed by atoms with E-state index in [1.54, 1.807) is 13.3 Å². The molecule has 0 saturated carbocycles. The standard InChI is InChI=1S/C16H20N2O2/c1-19-15-6-2-5-14(7-9-17)16(15)20-11-8-13-4-3-10-18-12-13/h2-6,10,12H,7-9,11,17H2,1H3. The molecule has 0 aliphatic heterocycles. The van der Waals surface area contributed by atoms with Crippen molar-refractivity contribution in [2.45, 2.75) is 12.8 Å². The molecule has 0 radical (unpaired) electrons. The van der Waals surface area contributed by atoms with Crippen molar-refractivity contribution in [1.29, 1.82) is 0 Å². The van der Waals surface area contributed by atoms with E-state index in [-0.39, 0.29) is 0 Å². The number of hydrogen-bond acceptors (Lipinski definition) is 4. The molecule has 4 heteroatoms. The summed E-state index contributed by atoms with van der Waals surface area (Å²) in [6.45, 7) is 1.18. The van der Waals surface area contributed by atoms with E-state index in [2.05, 4.69) is 4.98 Å². The van der Waals surface area contributed by atoms with Crippen molar-refractivity contribution in [2.24, 2.45) is 5.73 Å². The molecule has 0 unspecified atom stereocenters. The summed E-state index contributed by atoms with van der Waals surface area (Å²) in [7, 11) is 1.65. The van der Waals surface area contributed by atoms with Gasteiger partial charge in [0.1, 0.15) is 0 Å².